The molecule has 2 aromatic rings. The molecule has 0 N–H and O–H groups in total. The average Bonchev–Trinajstić information content (AvgIpc) is 2.78. The molecule has 2 heterocycles. The second-order valence-electron chi connectivity index (χ2n) is 7.26. The summed E-state index contributed by atoms with van der Waals surface area (Å²) >= 11 is 0. The topological polar surface area (TPSA) is 119 Å². The highest BCUT2D eigenvalue weighted by Gasteiger charge is 2.31. The summed E-state index contributed by atoms with van der Waals surface area (Å²) in [4.78, 5) is 24.9. The molecule has 2 aliphatic heterocycles. The average molecular weight is 447 g/mol. The monoisotopic (exact) mass is 447 g/mol. The van der Waals surface area contributed by atoms with Gasteiger partial charge in [0.1, 0.15) is 13.2 Å². The smallest absolute Gasteiger partial charge is 0.272 e. The van der Waals surface area contributed by atoms with Crippen molar-refractivity contribution in [2.75, 3.05) is 39.4 Å². The number of ether oxygens (including phenoxy) is 2. The van der Waals surface area contributed by atoms with Gasteiger partial charge in [0.25, 0.3) is 11.6 Å². The number of hydrogen-bond acceptors (Lipinski definition) is 7. The number of fused-ring (bicyclic) bond motifs is 1. The Morgan fingerprint density at radius 1 is 1.00 bits per heavy atom. The van der Waals surface area contributed by atoms with Crippen molar-refractivity contribution in [2.24, 2.45) is 0 Å². The molecule has 0 unspecified atom stereocenters. The van der Waals surface area contributed by atoms with Crippen molar-refractivity contribution >= 4 is 21.6 Å². The highest BCUT2D eigenvalue weighted by molar-refractivity contribution is 7.89. The standard InChI is InChI=1S/C20H21N3O7S/c1-14-12-15(2-4-17(14)23(25)26)20(24)21-6-8-22(9-7-21)31(27,28)16-3-5-18-19(13-16)30-11-10-29-18/h2-5,12-13H,6-11H2,1H3. The van der Waals surface area contributed by atoms with E-state index in [1.54, 1.807) is 17.9 Å². The van der Waals surface area contributed by atoms with E-state index in [1.807, 2.05) is 0 Å². The van der Waals surface area contributed by atoms with E-state index in [0.717, 1.165) is 0 Å². The second kappa shape index (κ2) is 8.16. The molecule has 31 heavy (non-hydrogen) atoms. The fourth-order valence-electron chi connectivity index (χ4n) is 3.64. The zero-order chi connectivity index (χ0) is 22.2. The van der Waals surface area contributed by atoms with Crippen LogP contribution in [0.3, 0.4) is 0 Å². The zero-order valence-electron chi connectivity index (χ0n) is 16.8. The number of nitro groups is 1. The van der Waals surface area contributed by atoms with Crippen LogP contribution in [0, 0.1) is 17.0 Å². The Morgan fingerprint density at radius 3 is 2.32 bits per heavy atom. The van der Waals surface area contributed by atoms with Crippen LogP contribution in [0.1, 0.15) is 15.9 Å². The number of carbonyl (C=O) groups excluding carboxylic acids is 1. The van der Waals surface area contributed by atoms with Crippen molar-refractivity contribution in [1.82, 2.24) is 9.21 Å². The number of nitro benzene ring substituents is 1. The molecule has 11 heteroatoms. The first-order chi connectivity index (χ1) is 14.8. The van der Waals surface area contributed by atoms with Gasteiger partial charge < -0.3 is 14.4 Å². The molecule has 0 aromatic heterocycles. The summed E-state index contributed by atoms with van der Waals surface area (Å²) in [5.74, 6) is 0.628. The number of aryl methyl sites for hydroxylation is 1. The lowest BCUT2D eigenvalue weighted by Crippen LogP contribution is -2.50. The molecular weight excluding hydrogens is 426 g/mol. The summed E-state index contributed by atoms with van der Waals surface area (Å²) in [6.45, 7) is 3.09. The highest BCUT2D eigenvalue weighted by atomic mass is 32.2. The second-order valence-corrected chi connectivity index (χ2v) is 9.20. The van der Waals surface area contributed by atoms with E-state index >= 15 is 0 Å². The van der Waals surface area contributed by atoms with Crippen molar-refractivity contribution in [1.29, 1.82) is 0 Å². The maximum Gasteiger partial charge on any atom is 0.272 e. The van der Waals surface area contributed by atoms with Gasteiger partial charge in [-0.25, -0.2) is 8.42 Å². The first-order valence-corrected chi connectivity index (χ1v) is 11.2. The molecule has 1 amide bonds. The van der Waals surface area contributed by atoms with E-state index in [2.05, 4.69) is 0 Å². The molecule has 164 valence electrons. The fourth-order valence-corrected chi connectivity index (χ4v) is 5.08. The summed E-state index contributed by atoms with van der Waals surface area (Å²) in [5, 5.41) is 11.0. The Labute approximate surface area is 179 Å². The van der Waals surface area contributed by atoms with E-state index in [-0.39, 0.29) is 42.7 Å². The van der Waals surface area contributed by atoms with E-state index in [4.69, 9.17) is 9.47 Å². The number of nitrogens with zero attached hydrogens (tertiary/aromatic N) is 3. The Kier molecular flexibility index (Phi) is 5.54. The van der Waals surface area contributed by atoms with Gasteiger partial charge in [-0.05, 0) is 31.2 Å². The third-order valence-electron chi connectivity index (χ3n) is 5.32. The van der Waals surface area contributed by atoms with Crippen LogP contribution in [0.25, 0.3) is 0 Å². The Morgan fingerprint density at radius 2 is 1.68 bits per heavy atom. The summed E-state index contributed by atoms with van der Waals surface area (Å²) in [7, 11) is -3.75. The van der Waals surface area contributed by atoms with Gasteiger partial charge in [0, 0.05) is 49.4 Å². The summed E-state index contributed by atoms with van der Waals surface area (Å²) in [5.41, 5.74) is 0.689. The van der Waals surface area contributed by atoms with E-state index in [9.17, 15) is 23.3 Å². The van der Waals surface area contributed by atoms with Crippen molar-refractivity contribution in [3.05, 3.63) is 57.6 Å². The molecule has 0 radical (unpaired) electrons. The van der Waals surface area contributed by atoms with Crippen LogP contribution in [-0.4, -0.2) is 67.8 Å². The van der Waals surface area contributed by atoms with Gasteiger partial charge in [0.15, 0.2) is 11.5 Å². The van der Waals surface area contributed by atoms with Crippen molar-refractivity contribution in [2.45, 2.75) is 11.8 Å². The van der Waals surface area contributed by atoms with Gasteiger partial charge in [0.05, 0.1) is 9.82 Å². The van der Waals surface area contributed by atoms with E-state index in [1.165, 1.54) is 34.6 Å². The summed E-state index contributed by atoms with van der Waals surface area (Å²) in [6.07, 6.45) is 0. The van der Waals surface area contributed by atoms with Crippen LogP contribution in [0.5, 0.6) is 11.5 Å². The number of benzene rings is 2. The maximum atomic E-state index is 13.0. The molecule has 0 spiro atoms. The third kappa shape index (κ3) is 4.06. The first-order valence-electron chi connectivity index (χ1n) is 9.71. The first kappa shape index (κ1) is 21.1. The SMILES string of the molecule is Cc1cc(C(=O)N2CCN(S(=O)(=O)c3ccc4c(c3)OCCO4)CC2)ccc1[N+](=O)[O-]. The van der Waals surface area contributed by atoms with Gasteiger partial charge in [-0.15, -0.1) is 0 Å². The van der Waals surface area contributed by atoms with Crippen LogP contribution in [-0.2, 0) is 10.0 Å². The largest absolute Gasteiger partial charge is 0.486 e. The van der Waals surface area contributed by atoms with E-state index < -0.39 is 14.9 Å². The number of rotatable bonds is 4. The van der Waals surface area contributed by atoms with Crippen molar-refractivity contribution in [3.8, 4) is 11.5 Å². The fraction of sp³-hybridized carbons (Fsp3) is 0.350. The maximum absolute atomic E-state index is 13.0. The summed E-state index contributed by atoms with van der Waals surface area (Å²) in [6, 6.07) is 8.74. The van der Waals surface area contributed by atoms with Crippen molar-refractivity contribution in [3.63, 3.8) is 0 Å². The molecule has 2 aliphatic rings. The van der Waals surface area contributed by atoms with Crippen LogP contribution >= 0.6 is 0 Å². The van der Waals surface area contributed by atoms with Gasteiger partial charge in [-0.2, -0.15) is 4.31 Å². The highest BCUT2D eigenvalue weighted by Crippen LogP contribution is 2.33. The van der Waals surface area contributed by atoms with Crippen molar-refractivity contribution < 1.29 is 27.6 Å². The molecule has 0 bridgehead atoms. The van der Waals surface area contributed by atoms with Gasteiger partial charge in [0.2, 0.25) is 10.0 Å². The molecule has 0 saturated carbocycles. The molecule has 4 rings (SSSR count). The predicted octanol–water partition coefficient (Wildman–Crippen LogP) is 1.82. The molecule has 10 nitrogen and oxygen atoms in total. The lowest BCUT2D eigenvalue weighted by atomic mass is 10.1. The van der Waals surface area contributed by atoms with Gasteiger partial charge >= 0.3 is 0 Å². The number of amides is 1. The Balaban J connectivity index is 1.45. The minimum absolute atomic E-state index is 0.0492. The zero-order valence-corrected chi connectivity index (χ0v) is 17.6. The van der Waals surface area contributed by atoms with Crippen LogP contribution in [0.15, 0.2) is 41.3 Å². The normalized spacial score (nSPS) is 16.7. The predicted molar refractivity (Wildman–Crippen MR) is 110 cm³/mol. The number of carbonyl (C=O) groups is 1. The minimum Gasteiger partial charge on any atom is -0.486 e. The molecule has 1 fully saturated rings. The third-order valence-corrected chi connectivity index (χ3v) is 7.21. The van der Waals surface area contributed by atoms with Gasteiger partial charge in [-0.1, -0.05) is 0 Å². The lowest BCUT2D eigenvalue weighted by molar-refractivity contribution is -0.385. The van der Waals surface area contributed by atoms with Crippen LogP contribution in [0.2, 0.25) is 0 Å². The lowest BCUT2D eigenvalue weighted by Gasteiger charge is -2.34. The van der Waals surface area contributed by atoms with Gasteiger partial charge in [-0.3, -0.25) is 14.9 Å². The molecule has 1 saturated heterocycles. The Bertz CT molecular complexity index is 1140. The quantitative estimate of drug-likeness (QED) is 0.518. The Hall–Kier alpha value is -3.18. The van der Waals surface area contributed by atoms with Crippen LogP contribution in [0.4, 0.5) is 5.69 Å². The summed E-state index contributed by atoms with van der Waals surface area (Å²) < 4.78 is 38.3. The molecule has 0 aliphatic carbocycles. The number of piperazine rings is 1. The number of sulfonamides is 1. The molecular formula is C20H21N3O7S. The molecule has 0 atom stereocenters. The molecule has 2 aromatic carbocycles. The number of hydrogen-bond donors (Lipinski definition) is 0. The van der Waals surface area contributed by atoms with E-state index in [0.29, 0.717) is 35.8 Å². The minimum atomic E-state index is -3.75. The van der Waals surface area contributed by atoms with Crippen LogP contribution < -0.4 is 9.47 Å².